The van der Waals surface area contributed by atoms with Gasteiger partial charge in [0.25, 0.3) is 5.91 Å². The highest BCUT2D eigenvalue weighted by Gasteiger charge is 2.12. The summed E-state index contributed by atoms with van der Waals surface area (Å²) in [6, 6.07) is 18.0. The number of para-hydroxylation sites is 1. The van der Waals surface area contributed by atoms with Crippen molar-refractivity contribution in [2.75, 3.05) is 13.2 Å². The van der Waals surface area contributed by atoms with Crippen molar-refractivity contribution in [3.63, 3.8) is 0 Å². The normalized spacial score (nSPS) is 10.3. The number of hydrogen-bond acceptors (Lipinski definition) is 5. The Balaban J connectivity index is 1.32. The Hall–Kier alpha value is -4.11. The minimum Gasteiger partial charge on any atom is -0.481 e. The summed E-state index contributed by atoms with van der Waals surface area (Å²) in [4.78, 5) is 28.5. The number of fused-ring (bicyclic) bond motifs is 2. The van der Waals surface area contributed by atoms with E-state index in [1.165, 1.54) is 6.07 Å². The summed E-state index contributed by atoms with van der Waals surface area (Å²) in [5.74, 6) is 5.76. The molecule has 2 aromatic carbocycles. The van der Waals surface area contributed by atoms with Crippen LogP contribution in [0.3, 0.4) is 0 Å². The molecule has 0 saturated heterocycles. The van der Waals surface area contributed by atoms with E-state index in [4.69, 9.17) is 9.15 Å². The van der Waals surface area contributed by atoms with Crippen molar-refractivity contribution in [3.8, 4) is 17.6 Å². The van der Waals surface area contributed by atoms with Crippen LogP contribution in [0.1, 0.15) is 10.4 Å². The highest BCUT2D eigenvalue weighted by atomic mass is 16.5. The molecule has 0 atom stereocenters. The number of aromatic nitrogens is 1. The molecule has 0 radical (unpaired) electrons. The Bertz CT molecular complexity index is 1320. The van der Waals surface area contributed by atoms with Crippen LogP contribution in [0, 0.1) is 11.8 Å². The molecule has 142 valence electrons. The number of nitrogens with zero attached hydrogens (tertiary/aromatic N) is 1. The zero-order valence-corrected chi connectivity index (χ0v) is 15.3. The van der Waals surface area contributed by atoms with Gasteiger partial charge in [0.15, 0.2) is 0 Å². The third-order valence-electron chi connectivity index (χ3n) is 4.24. The van der Waals surface area contributed by atoms with Crippen LogP contribution < -0.4 is 15.7 Å². The van der Waals surface area contributed by atoms with Crippen LogP contribution in [0.4, 0.5) is 0 Å². The maximum atomic E-state index is 12.2. The lowest BCUT2D eigenvalue weighted by Crippen LogP contribution is -2.28. The van der Waals surface area contributed by atoms with Gasteiger partial charge in [0, 0.05) is 23.0 Å². The molecule has 4 rings (SSSR count). The molecule has 2 aromatic heterocycles. The summed E-state index contributed by atoms with van der Waals surface area (Å²) in [5.41, 5.74) is 0.558. The molecule has 6 nitrogen and oxygen atoms in total. The van der Waals surface area contributed by atoms with E-state index in [2.05, 4.69) is 22.1 Å². The number of pyridine rings is 1. The highest BCUT2D eigenvalue weighted by molar-refractivity contribution is 5.96. The lowest BCUT2D eigenvalue weighted by molar-refractivity contribution is 0.0955. The van der Waals surface area contributed by atoms with Crippen LogP contribution in [0.2, 0.25) is 0 Å². The van der Waals surface area contributed by atoms with Crippen molar-refractivity contribution in [2.45, 2.75) is 0 Å². The second-order valence-corrected chi connectivity index (χ2v) is 6.17. The molecular weight excluding hydrogens is 368 g/mol. The molecular formula is C23H16N2O4. The molecule has 0 aliphatic heterocycles. The number of amides is 1. The maximum Gasteiger partial charge on any atom is 0.349 e. The minimum absolute atomic E-state index is 0.0505. The summed E-state index contributed by atoms with van der Waals surface area (Å²) < 4.78 is 10.7. The average molecular weight is 384 g/mol. The largest absolute Gasteiger partial charge is 0.481 e. The van der Waals surface area contributed by atoms with Gasteiger partial charge in [0.1, 0.15) is 23.5 Å². The van der Waals surface area contributed by atoms with Crippen LogP contribution in [0.5, 0.6) is 5.75 Å². The number of carbonyl (C=O) groups excluding carboxylic acids is 1. The number of rotatable bonds is 4. The van der Waals surface area contributed by atoms with E-state index in [1.807, 2.05) is 30.3 Å². The van der Waals surface area contributed by atoms with E-state index in [1.54, 1.807) is 30.5 Å². The number of carbonyl (C=O) groups is 1. The van der Waals surface area contributed by atoms with Gasteiger partial charge >= 0.3 is 5.63 Å². The zero-order chi connectivity index (χ0) is 20.1. The summed E-state index contributed by atoms with van der Waals surface area (Å²) in [7, 11) is 0. The van der Waals surface area contributed by atoms with Crippen LogP contribution in [-0.4, -0.2) is 24.0 Å². The second-order valence-electron chi connectivity index (χ2n) is 6.17. The molecule has 6 heteroatoms. The highest BCUT2D eigenvalue weighted by Crippen LogP contribution is 2.18. The van der Waals surface area contributed by atoms with Gasteiger partial charge in [-0.1, -0.05) is 36.1 Å². The van der Waals surface area contributed by atoms with Crippen molar-refractivity contribution >= 4 is 27.8 Å². The van der Waals surface area contributed by atoms with Gasteiger partial charge in [-0.05, 0) is 30.3 Å². The molecule has 4 aromatic rings. The molecule has 2 heterocycles. The molecule has 0 saturated carbocycles. The zero-order valence-electron chi connectivity index (χ0n) is 15.3. The molecule has 0 fully saturated rings. The van der Waals surface area contributed by atoms with E-state index < -0.39 is 11.5 Å². The summed E-state index contributed by atoms with van der Waals surface area (Å²) in [5, 5.41) is 4.31. The molecule has 29 heavy (non-hydrogen) atoms. The lowest BCUT2D eigenvalue weighted by atomic mass is 10.2. The quantitative estimate of drug-likeness (QED) is 0.432. The van der Waals surface area contributed by atoms with Crippen molar-refractivity contribution < 1.29 is 13.9 Å². The van der Waals surface area contributed by atoms with E-state index in [0.717, 1.165) is 10.9 Å². The second kappa shape index (κ2) is 8.28. The van der Waals surface area contributed by atoms with Gasteiger partial charge in [-0.3, -0.25) is 9.78 Å². The van der Waals surface area contributed by atoms with E-state index in [0.29, 0.717) is 16.7 Å². The Morgan fingerprint density at radius 2 is 1.90 bits per heavy atom. The number of hydrogen-bond donors (Lipinski definition) is 1. The van der Waals surface area contributed by atoms with Gasteiger partial charge in [-0.2, -0.15) is 0 Å². The van der Waals surface area contributed by atoms with Gasteiger partial charge < -0.3 is 14.5 Å². The summed E-state index contributed by atoms with van der Waals surface area (Å²) in [6.45, 7) is 0.264. The predicted molar refractivity (Wildman–Crippen MR) is 110 cm³/mol. The molecule has 1 amide bonds. The Labute approximate surface area is 166 Å². The van der Waals surface area contributed by atoms with Gasteiger partial charge in [0.05, 0.1) is 12.1 Å². The smallest absolute Gasteiger partial charge is 0.349 e. The third-order valence-corrected chi connectivity index (χ3v) is 4.24. The van der Waals surface area contributed by atoms with Gasteiger partial charge in [0.2, 0.25) is 0 Å². The Morgan fingerprint density at radius 3 is 2.83 bits per heavy atom. The first kappa shape index (κ1) is 18.3. The number of benzene rings is 2. The average Bonchev–Trinajstić information content (AvgIpc) is 2.75. The Morgan fingerprint density at radius 1 is 1.03 bits per heavy atom. The lowest BCUT2D eigenvalue weighted by Gasteiger charge is -2.03. The van der Waals surface area contributed by atoms with Crippen LogP contribution >= 0.6 is 0 Å². The molecule has 0 aliphatic carbocycles. The third kappa shape index (κ3) is 4.25. The van der Waals surface area contributed by atoms with Crippen molar-refractivity contribution in [1.82, 2.24) is 10.3 Å². The molecule has 1 N–H and O–H groups in total. The first-order valence-corrected chi connectivity index (χ1v) is 8.95. The number of ether oxygens (including phenoxy) is 1. The standard InChI is InChI=1S/C23H16N2O4/c26-22(19-14-17-6-1-2-8-21(17)29-23(19)27)25-11-3-4-13-28-18-10-9-16-7-5-12-24-20(16)15-18/h1-2,5-10,12,14-15H,11,13H2,(H,25,26). The van der Waals surface area contributed by atoms with Crippen molar-refractivity contribution in [1.29, 1.82) is 0 Å². The van der Waals surface area contributed by atoms with E-state index in [9.17, 15) is 9.59 Å². The van der Waals surface area contributed by atoms with Crippen molar-refractivity contribution in [2.24, 2.45) is 0 Å². The van der Waals surface area contributed by atoms with Gasteiger partial charge in [-0.15, -0.1) is 0 Å². The molecule has 0 unspecified atom stereocenters. The summed E-state index contributed by atoms with van der Waals surface area (Å²) >= 11 is 0. The van der Waals surface area contributed by atoms with E-state index >= 15 is 0 Å². The molecule has 0 aliphatic rings. The fourth-order valence-electron chi connectivity index (χ4n) is 2.81. The fraction of sp³-hybridized carbons (Fsp3) is 0.0870. The SMILES string of the molecule is O=C(NCC#CCOc1ccc2cccnc2c1)c1cc2ccccc2oc1=O. The van der Waals surface area contributed by atoms with Crippen LogP contribution in [0.15, 0.2) is 76.1 Å². The molecule has 0 spiro atoms. The van der Waals surface area contributed by atoms with Crippen LogP contribution in [0.25, 0.3) is 21.9 Å². The molecule has 0 bridgehead atoms. The van der Waals surface area contributed by atoms with Gasteiger partial charge in [-0.25, -0.2) is 4.79 Å². The van der Waals surface area contributed by atoms with Crippen molar-refractivity contribution in [3.05, 3.63) is 82.8 Å². The topological polar surface area (TPSA) is 81.4 Å². The minimum atomic E-state index is -0.678. The first-order chi connectivity index (χ1) is 14.2. The van der Waals surface area contributed by atoms with E-state index in [-0.39, 0.29) is 18.7 Å². The fourth-order valence-corrected chi connectivity index (χ4v) is 2.81. The first-order valence-electron chi connectivity index (χ1n) is 8.95. The predicted octanol–water partition coefficient (Wildman–Crippen LogP) is 3.15. The Kier molecular flexibility index (Phi) is 5.21. The number of nitrogens with one attached hydrogen (secondary N) is 1. The van der Waals surface area contributed by atoms with Crippen LogP contribution in [-0.2, 0) is 0 Å². The maximum absolute atomic E-state index is 12.2. The monoisotopic (exact) mass is 384 g/mol. The summed E-state index contributed by atoms with van der Waals surface area (Å²) in [6.07, 6.45) is 1.73.